The zero-order valence-electron chi connectivity index (χ0n) is 11.6. The van der Waals surface area contributed by atoms with Gasteiger partial charge >= 0.3 is 0 Å². The highest BCUT2D eigenvalue weighted by atomic mass is 32.2. The monoisotopic (exact) mass is 289 g/mol. The van der Waals surface area contributed by atoms with Gasteiger partial charge in [-0.15, -0.1) is 11.8 Å². The van der Waals surface area contributed by atoms with Crippen LogP contribution in [-0.2, 0) is 4.79 Å². The van der Waals surface area contributed by atoms with Crippen LogP contribution in [0.2, 0.25) is 0 Å². The number of benzene rings is 1. The molecule has 4 nitrogen and oxygen atoms in total. The van der Waals surface area contributed by atoms with Crippen molar-refractivity contribution in [3.63, 3.8) is 0 Å². The minimum atomic E-state index is 0.155. The lowest BCUT2D eigenvalue weighted by Gasteiger charge is -2.11. The number of carbonyl (C=O) groups excluding carboxylic acids is 1. The van der Waals surface area contributed by atoms with E-state index < -0.39 is 0 Å². The third-order valence-electron chi connectivity index (χ3n) is 3.13. The highest BCUT2D eigenvalue weighted by Gasteiger charge is 2.28. The number of nitrogens with zero attached hydrogens (tertiary/aromatic N) is 1. The lowest BCUT2D eigenvalue weighted by Crippen LogP contribution is -2.29. The van der Waals surface area contributed by atoms with Gasteiger partial charge in [-0.05, 0) is 30.7 Å². The van der Waals surface area contributed by atoms with Crippen LogP contribution in [0.1, 0.15) is 25.3 Å². The SMILES string of the molecule is CCSc1cccc(NCCNC(=O)C2CC2)c1C#N. The fourth-order valence-corrected chi connectivity index (χ4v) is 2.73. The maximum atomic E-state index is 11.5. The van der Waals surface area contributed by atoms with Gasteiger partial charge in [-0.1, -0.05) is 13.0 Å². The van der Waals surface area contributed by atoms with E-state index in [9.17, 15) is 10.1 Å². The Hall–Kier alpha value is -1.67. The van der Waals surface area contributed by atoms with Gasteiger partial charge in [-0.3, -0.25) is 4.79 Å². The van der Waals surface area contributed by atoms with E-state index >= 15 is 0 Å². The van der Waals surface area contributed by atoms with E-state index in [0.29, 0.717) is 18.7 Å². The molecule has 106 valence electrons. The van der Waals surface area contributed by atoms with Crippen LogP contribution in [0.15, 0.2) is 23.1 Å². The van der Waals surface area contributed by atoms with Gasteiger partial charge in [0.2, 0.25) is 5.91 Å². The average molecular weight is 289 g/mol. The van der Waals surface area contributed by atoms with Gasteiger partial charge in [0.15, 0.2) is 0 Å². The molecule has 0 heterocycles. The fourth-order valence-electron chi connectivity index (χ4n) is 1.94. The van der Waals surface area contributed by atoms with Gasteiger partial charge in [-0.25, -0.2) is 0 Å². The summed E-state index contributed by atoms with van der Waals surface area (Å²) in [7, 11) is 0. The lowest BCUT2D eigenvalue weighted by molar-refractivity contribution is -0.122. The summed E-state index contributed by atoms with van der Waals surface area (Å²) >= 11 is 1.66. The Kier molecular flexibility index (Phi) is 5.31. The molecule has 5 heteroatoms. The summed E-state index contributed by atoms with van der Waals surface area (Å²) in [6.45, 7) is 3.29. The molecule has 1 aromatic carbocycles. The Morgan fingerprint density at radius 3 is 2.90 bits per heavy atom. The minimum absolute atomic E-state index is 0.155. The van der Waals surface area contributed by atoms with Crippen molar-refractivity contribution in [2.75, 3.05) is 24.2 Å². The van der Waals surface area contributed by atoms with E-state index in [1.807, 2.05) is 18.2 Å². The van der Waals surface area contributed by atoms with Crippen LogP contribution in [0.3, 0.4) is 0 Å². The lowest BCUT2D eigenvalue weighted by atomic mass is 10.2. The molecule has 1 aliphatic rings. The second kappa shape index (κ2) is 7.20. The molecule has 1 aliphatic carbocycles. The van der Waals surface area contributed by atoms with Crippen molar-refractivity contribution in [1.29, 1.82) is 5.26 Å². The molecular weight excluding hydrogens is 270 g/mol. The second-order valence-electron chi connectivity index (χ2n) is 4.72. The summed E-state index contributed by atoms with van der Waals surface area (Å²) in [5, 5.41) is 15.4. The van der Waals surface area contributed by atoms with Crippen LogP contribution in [0.25, 0.3) is 0 Å². The van der Waals surface area contributed by atoms with Crippen LogP contribution >= 0.6 is 11.8 Å². The molecule has 2 N–H and O–H groups in total. The Balaban J connectivity index is 1.86. The second-order valence-corrected chi connectivity index (χ2v) is 6.02. The van der Waals surface area contributed by atoms with Gasteiger partial charge in [0.1, 0.15) is 6.07 Å². The first-order valence-corrected chi connectivity index (χ1v) is 7.92. The summed E-state index contributed by atoms with van der Waals surface area (Å²) < 4.78 is 0. The first-order valence-electron chi connectivity index (χ1n) is 6.93. The highest BCUT2D eigenvalue weighted by molar-refractivity contribution is 7.99. The topological polar surface area (TPSA) is 64.9 Å². The molecule has 20 heavy (non-hydrogen) atoms. The Morgan fingerprint density at radius 1 is 1.45 bits per heavy atom. The van der Waals surface area contributed by atoms with Gasteiger partial charge in [-0.2, -0.15) is 5.26 Å². The molecule has 0 aromatic heterocycles. The van der Waals surface area contributed by atoms with Gasteiger partial charge in [0, 0.05) is 23.9 Å². The number of rotatable bonds is 7. The average Bonchev–Trinajstić information content (AvgIpc) is 3.28. The minimum Gasteiger partial charge on any atom is -0.382 e. The zero-order chi connectivity index (χ0) is 14.4. The number of nitriles is 1. The van der Waals surface area contributed by atoms with E-state index in [-0.39, 0.29) is 11.8 Å². The molecule has 0 bridgehead atoms. The van der Waals surface area contributed by atoms with E-state index in [2.05, 4.69) is 23.6 Å². The third-order valence-corrected chi connectivity index (χ3v) is 4.07. The number of hydrogen-bond donors (Lipinski definition) is 2. The Morgan fingerprint density at radius 2 is 2.25 bits per heavy atom. The van der Waals surface area contributed by atoms with E-state index in [0.717, 1.165) is 29.2 Å². The van der Waals surface area contributed by atoms with Crippen LogP contribution < -0.4 is 10.6 Å². The van der Waals surface area contributed by atoms with Crippen molar-refractivity contribution < 1.29 is 4.79 Å². The number of hydrogen-bond acceptors (Lipinski definition) is 4. The standard InChI is InChI=1S/C15H19N3OS/c1-2-20-14-5-3-4-13(12(14)10-16)17-8-9-18-15(19)11-6-7-11/h3-5,11,17H,2,6-9H2,1H3,(H,18,19). The molecule has 0 spiro atoms. The van der Waals surface area contributed by atoms with Crippen LogP contribution in [0, 0.1) is 17.2 Å². The number of nitrogens with one attached hydrogen (secondary N) is 2. The molecule has 1 fully saturated rings. The van der Waals surface area contributed by atoms with Crippen molar-refractivity contribution in [1.82, 2.24) is 5.32 Å². The van der Waals surface area contributed by atoms with Gasteiger partial charge in [0.05, 0.1) is 11.3 Å². The van der Waals surface area contributed by atoms with E-state index in [1.54, 1.807) is 11.8 Å². The molecule has 2 rings (SSSR count). The first-order chi connectivity index (χ1) is 9.76. The van der Waals surface area contributed by atoms with Crippen molar-refractivity contribution in [3.05, 3.63) is 23.8 Å². The molecule has 0 atom stereocenters. The summed E-state index contributed by atoms with van der Waals surface area (Å²) in [5.41, 5.74) is 1.53. The number of thioether (sulfide) groups is 1. The van der Waals surface area contributed by atoms with E-state index in [1.165, 1.54) is 0 Å². The molecule has 1 amide bonds. The normalized spacial score (nSPS) is 13.6. The van der Waals surface area contributed by atoms with Crippen molar-refractivity contribution in [2.24, 2.45) is 5.92 Å². The largest absolute Gasteiger partial charge is 0.382 e. The Bertz CT molecular complexity index is 520. The molecule has 0 unspecified atom stereocenters. The maximum absolute atomic E-state index is 11.5. The van der Waals surface area contributed by atoms with Gasteiger partial charge in [0.25, 0.3) is 0 Å². The van der Waals surface area contributed by atoms with Crippen LogP contribution in [0.5, 0.6) is 0 Å². The smallest absolute Gasteiger partial charge is 0.223 e. The zero-order valence-corrected chi connectivity index (χ0v) is 12.4. The summed E-state index contributed by atoms with van der Waals surface area (Å²) in [6, 6.07) is 8.07. The molecular formula is C15H19N3OS. The van der Waals surface area contributed by atoms with Crippen molar-refractivity contribution >= 4 is 23.4 Å². The predicted octanol–water partition coefficient (Wildman–Crippen LogP) is 2.61. The third kappa shape index (κ3) is 3.91. The van der Waals surface area contributed by atoms with Crippen LogP contribution in [0.4, 0.5) is 5.69 Å². The highest BCUT2D eigenvalue weighted by Crippen LogP contribution is 2.29. The molecule has 1 saturated carbocycles. The van der Waals surface area contributed by atoms with Gasteiger partial charge < -0.3 is 10.6 Å². The summed E-state index contributed by atoms with van der Waals surface area (Å²) in [5.74, 6) is 1.34. The molecule has 0 saturated heterocycles. The molecule has 0 aliphatic heterocycles. The number of anilines is 1. The summed E-state index contributed by atoms with van der Waals surface area (Å²) in [4.78, 5) is 12.5. The van der Waals surface area contributed by atoms with Crippen LogP contribution in [-0.4, -0.2) is 24.7 Å². The van der Waals surface area contributed by atoms with Crippen molar-refractivity contribution in [3.8, 4) is 6.07 Å². The summed E-state index contributed by atoms with van der Waals surface area (Å²) in [6.07, 6.45) is 2.04. The molecule has 0 radical (unpaired) electrons. The number of amides is 1. The fraction of sp³-hybridized carbons (Fsp3) is 0.467. The first kappa shape index (κ1) is 14.7. The maximum Gasteiger partial charge on any atom is 0.223 e. The number of carbonyl (C=O) groups is 1. The predicted molar refractivity (Wildman–Crippen MR) is 81.8 cm³/mol. The Labute approximate surface area is 123 Å². The van der Waals surface area contributed by atoms with Crippen molar-refractivity contribution in [2.45, 2.75) is 24.7 Å². The van der Waals surface area contributed by atoms with E-state index in [4.69, 9.17) is 0 Å². The quantitative estimate of drug-likeness (QED) is 0.598. The molecule has 1 aromatic rings.